The number of hydrogen-bond donors (Lipinski definition) is 0. The molecule has 0 aromatic rings. The van der Waals surface area contributed by atoms with Gasteiger partial charge in [-0.25, -0.2) is 0 Å². The van der Waals surface area contributed by atoms with Gasteiger partial charge in [-0.1, -0.05) is 32.8 Å². The van der Waals surface area contributed by atoms with E-state index in [0.717, 1.165) is 25.7 Å². The van der Waals surface area contributed by atoms with Crippen LogP contribution >= 0.6 is 0 Å². The van der Waals surface area contributed by atoms with E-state index in [0.29, 0.717) is 6.61 Å². The molecule has 1 amide bonds. The van der Waals surface area contributed by atoms with Crippen molar-refractivity contribution < 1.29 is 14.3 Å². The largest absolute Gasteiger partial charge is 0.464 e. The fourth-order valence-corrected chi connectivity index (χ4v) is 1.53. The van der Waals surface area contributed by atoms with Gasteiger partial charge in [0.1, 0.15) is 6.54 Å². The highest BCUT2D eigenvalue weighted by Crippen LogP contribution is 2.02. The summed E-state index contributed by atoms with van der Waals surface area (Å²) in [5, 5.41) is 0. The molecule has 0 aliphatic rings. The van der Waals surface area contributed by atoms with Crippen LogP contribution in [0.4, 0.5) is 0 Å². The van der Waals surface area contributed by atoms with Crippen LogP contribution in [0, 0.1) is 0 Å². The van der Waals surface area contributed by atoms with E-state index < -0.39 is 0 Å². The van der Waals surface area contributed by atoms with Gasteiger partial charge in [0.05, 0.1) is 6.61 Å². The van der Waals surface area contributed by atoms with Gasteiger partial charge in [-0.3, -0.25) is 9.59 Å². The molecule has 0 saturated carbocycles. The summed E-state index contributed by atoms with van der Waals surface area (Å²) in [5.41, 5.74) is 0. The Kier molecular flexibility index (Phi) is 8.97. The molecule has 0 atom stereocenters. The average molecular weight is 255 g/mol. The van der Waals surface area contributed by atoms with Gasteiger partial charge in [0.25, 0.3) is 0 Å². The Morgan fingerprint density at radius 2 is 1.94 bits per heavy atom. The van der Waals surface area contributed by atoms with E-state index in [9.17, 15) is 9.59 Å². The summed E-state index contributed by atoms with van der Waals surface area (Å²) in [6.45, 7) is 9.70. The molecule has 0 aliphatic carbocycles. The zero-order valence-electron chi connectivity index (χ0n) is 11.8. The van der Waals surface area contributed by atoms with Gasteiger partial charge in [-0.15, -0.1) is 0 Å². The number of nitrogens with zero attached hydrogens (tertiary/aromatic N) is 1. The van der Waals surface area contributed by atoms with Crippen molar-refractivity contribution in [3.63, 3.8) is 0 Å². The summed E-state index contributed by atoms with van der Waals surface area (Å²) in [6.07, 6.45) is 5.49. The molecule has 0 rings (SSSR count). The van der Waals surface area contributed by atoms with Crippen LogP contribution in [0.15, 0.2) is 12.7 Å². The van der Waals surface area contributed by atoms with Crippen LogP contribution in [-0.2, 0) is 14.3 Å². The first kappa shape index (κ1) is 16.7. The van der Waals surface area contributed by atoms with Gasteiger partial charge >= 0.3 is 5.97 Å². The zero-order chi connectivity index (χ0) is 14.0. The smallest absolute Gasteiger partial charge is 0.325 e. The van der Waals surface area contributed by atoms with Crippen LogP contribution in [0.1, 0.15) is 46.5 Å². The van der Waals surface area contributed by atoms with E-state index in [1.807, 2.05) is 13.8 Å². The third-order valence-corrected chi connectivity index (χ3v) is 2.64. The third-order valence-electron chi connectivity index (χ3n) is 2.64. The van der Waals surface area contributed by atoms with Gasteiger partial charge < -0.3 is 9.64 Å². The van der Waals surface area contributed by atoms with Gasteiger partial charge in [0, 0.05) is 6.04 Å². The zero-order valence-corrected chi connectivity index (χ0v) is 11.8. The van der Waals surface area contributed by atoms with Crippen molar-refractivity contribution in [2.75, 3.05) is 13.2 Å². The van der Waals surface area contributed by atoms with E-state index in [-0.39, 0.29) is 24.5 Å². The number of ether oxygens (including phenoxy) is 1. The number of hydrogen-bond acceptors (Lipinski definition) is 3. The van der Waals surface area contributed by atoms with Crippen LogP contribution < -0.4 is 0 Å². The normalized spacial score (nSPS) is 10.2. The van der Waals surface area contributed by atoms with E-state index >= 15 is 0 Å². The maximum absolute atomic E-state index is 11.6. The lowest BCUT2D eigenvalue weighted by molar-refractivity contribution is -0.149. The monoisotopic (exact) mass is 255 g/mol. The molecule has 0 aromatic heterocycles. The molecule has 0 fully saturated rings. The first-order chi connectivity index (χ1) is 8.52. The molecule has 0 heterocycles. The molecule has 0 spiro atoms. The van der Waals surface area contributed by atoms with Gasteiger partial charge in [0.15, 0.2) is 0 Å². The molecular formula is C14H25NO3. The molecule has 0 aromatic carbocycles. The molecular weight excluding hydrogens is 230 g/mol. The SMILES string of the molecule is C=CC(=O)N(CC(=O)OCCCCCC)C(C)C. The Labute approximate surface area is 110 Å². The minimum atomic E-state index is -0.351. The number of unbranched alkanes of at least 4 members (excludes halogenated alkanes) is 3. The van der Waals surface area contributed by atoms with Crippen molar-refractivity contribution in [3.05, 3.63) is 12.7 Å². The predicted octanol–water partition coefficient (Wildman–Crippen LogP) is 2.53. The summed E-state index contributed by atoms with van der Waals surface area (Å²) >= 11 is 0. The van der Waals surface area contributed by atoms with Crippen LogP contribution in [0.3, 0.4) is 0 Å². The van der Waals surface area contributed by atoms with Gasteiger partial charge in [0.2, 0.25) is 5.91 Å². The van der Waals surface area contributed by atoms with Crippen molar-refractivity contribution in [1.82, 2.24) is 4.90 Å². The standard InChI is InChI=1S/C14H25NO3/c1-5-7-8-9-10-18-14(17)11-15(12(3)4)13(16)6-2/h6,12H,2,5,7-11H2,1,3-4H3. The highest BCUT2D eigenvalue weighted by atomic mass is 16.5. The number of carbonyl (C=O) groups excluding carboxylic acids is 2. The maximum Gasteiger partial charge on any atom is 0.325 e. The lowest BCUT2D eigenvalue weighted by Gasteiger charge is -2.24. The Balaban J connectivity index is 3.96. The molecule has 0 radical (unpaired) electrons. The van der Waals surface area contributed by atoms with Crippen molar-refractivity contribution in [1.29, 1.82) is 0 Å². The summed E-state index contributed by atoms with van der Waals surface area (Å²) < 4.78 is 5.10. The topological polar surface area (TPSA) is 46.6 Å². The molecule has 0 N–H and O–H groups in total. The highest BCUT2D eigenvalue weighted by Gasteiger charge is 2.18. The molecule has 0 unspecified atom stereocenters. The fraction of sp³-hybridized carbons (Fsp3) is 0.714. The van der Waals surface area contributed by atoms with Crippen molar-refractivity contribution in [2.24, 2.45) is 0 Å². The maximum atomic E-state index is 11.6. The summed E-state index contributed by atoms with van der Waals surface area (Å²) in [5.74, 6) is -0.594. The lowest BCUT2D eigenvalue weighted by Crippen LogP contribution is -2.40. The summed E-state index contributed by atoms with van der Waals surface area (Å²) in [6, 6.07) is -0.0388. The minimum Gasteiger partial charge on any atom is -0.464 e. The summed E-state index contributed by atoms with van der Waals surface area (Å²) in [4.78, 5) is 24.5. The Hall–Kier alpha value is -1.32. The molecule has 4 heteroatoms. The fourth-order valence-electron chi connectivity index (χ4n) is 1.53. The van der Waals surface area contributed by atoms with Gasteiger partial charge in [-0.2, -0.15) is 0 Å². The molecule has 0 saturated heterocycles. The molecule has 0 aliphatic heterocycles. The Morgan fingerprint density at radius 3 is 2.44 bits per heavy atom. The molecule has 18 heavy (non-hydrogen) atoms. The quantitative estimate of drug-likeness (QED) is 0.361. The first-order valence-corrected chi connectivity index (χ1v) is 6.61. The number of carbonyl (C=O) groups is 2. The van der Waals surface area contributed by atoms with E-state index in [1.54, 1.807) is 0 Å². The average Bonchev–Trinajstić information content (AvgIpc) is 2.34. The molecule has 0 bridgehead atoms. The second-order valence-electron chi connectivity index (χ2n) is 4.55. The Bertz CT molecular complexity index is 274. The van der Waals surface area contributed by atoms with Crippen molar-refractivity contribution >= 4 is 11.9 Å². The van der Waals surface area contributed by atoms with Crippen LogP contribution in [0.2, 0.25) is 0 Å². The second-order valence-corrected chi connectivity index (χ2v) is 4.55. The lowest BCUT2D eigenvalue weighted by atomic mass is 10.2. The highest BCUT2D eigenvalue weighted by molar-refractivity contribution is 5.90. The molecule has 104 valence electrons. The van der Waals surface area contributed by atoms with Gasteiger partial charge in [-0.05, 0) is 26.3 Å². The Morgan fingerprint density at radius 1 is 1.28 bits per heavy atom. The van der Waals surface area contributed by atoms with Crippen molar-refractivity contribution in [3.8, 4) is 0 Å². The van der Waals surface area contributed by atoms with E-state index in [2.05, 4.69) is 13.5 Å². The third kappa shape index (κ3) is 7.09. The van der Waals surface area contributed by atoms with E-state index in [4.69, 9.17) is 4.74 Å². The minimum absolute atomic E-state index is 0.00367. The van der Waals surface area contributed by atoms with Crippen LogP contribution in [-0.4, -0.2) is 36.0 Å². The second kappa shape index (κ2) is 9.68. The van der Waals surface area contributed by atoms with Crippen LogP contribution in [0.5, 0.6) is 0 Å². The van der Waals surface area contributed by atoms with Crippen LogP contribution in [0.25, 0.3) is 0 Å². The summed E-state index contributed by atoms with van der Waals surface area (Å²) in [7, 11) is 0. The number of amides is 1. The van der Waals surface area contributed by atoms with E-state index in [1.165, 1.54) is 11.0 Å². The van der Waals surface area contributed by atoms with Crippen molar-refractivity contribution in [2.45, 2.75) is 52.5 Å². The first-order valence-electron chi connectivity index (χ1n) is 6.61. The number of esters is 1. The number of rotatable bonds is 9. The predicted molar refractivity (Wildman–Crippen MR) is 72.1 cm³/mol. The molecule has 4 nitrogen and oxygen atoms in total.